The van der Waals surface area contributed by atoms with E-state index in [0.29, 0.717) is 17.6 Å². The van der Waals surface area contributed by atoms with Gasteiger partial charge in [0, 0.05) is 13.2 Å². The molecule has 2 aromatic rings. The maximum atomic E-state index is 13.5. The van der Waals surface area contributed by atoms with E-state index in [4.69, 9.17) is 9.84 Å². The lowest BCUT2D eigenvalue weighted by Crippen LogP contribution is -2.29. The Labute approximate surface area is 108 Å². The van der Waals surface area contributed by atoms with E-state index in [1.807, 2.05) is 13.8 Å². The molecule has 1 N–H and O–H groups in total. The van der Waals surface area contributed by atoms with Crippen LogP contribution in [-0.2, 0) is 11.3 Å². The summed E-state index contributed by atoms with van der Waals surface area (Å²) in [6.45, 7) is 4.11. The number of nitrogens with zero attached hydrogens (tertiary/aromatic N) is 3. The van der Waals surface area contributed by atoms with Crippen molar-refractivity contribution in [1.82, 2.24) is 15.0 Å². The van der Waals surface area contributed by atoms with Gasteiger partial charge in [-0.15, -0.1) is 5.10 Å². The Morgan fingerprint density at radius 1 is 1.53 bits per heavy atom. The van der Waals surface area contributed by atoms with E-state index >= 15 is 0 Å². The molecule has 19 heavy (non-hydrogen) atoms. The molecule has 0 saturated carbocycles. The first kappa shape index (κ1) is 13.4. The normalized spacial score (nSPS) is 12.0. The minimum atomic E-state index is -1.32. The van der Waals surface area contributed by atoms with E-state index in [-0.39, 0.29) is 0 Å². The summed E-state index contributed by atoms with van der Waals surface area (Å²) >= 11 is 0. The van der Waals surface area contributed by atoms with Crippen LogP contribution in [0.1, 0.15) is 24.2 Å². The van der Waals surface area contributed by atoms with Gasteiger partial charge in [-0.05, 0) is 19.9 Å². The molecule has 0 atom stereocenters. The molecule has 102 valence electrons. The van der Waals surface area contributed by atoms with Gasteiger partial charge in [-0.1, -0.05) is 5.21 Å². The number of fused-ring (bicyclic) bond motifs is 1. The van der Waals surface area contributed by atoms with Gasteiger partial charge in [0.15, 0.2) is 0 Å². The van der Waals surface area contributed by atoms with Crippen molar-refractivity contribution in [2.45, 2.75) is 26.0 Å². The third kappa shape index (κ3) is 2.55. The zero-order valence-corrected chi connectivity index (χ0v) is 10.8. The van der Waals surface area contributed by atoms with Gasteiger partial charge in [-0.25, -0.2) is 13.9 Å². The van der Waals surface area contributed by atoms with Crippen LogP contribution in [0.15, 0.2) is 12.1 Å². The second-order valence-corrected chi connectivity index (χ2v) is 4.84. The number of aromatic nitrogens is 3. The van der Waals surface area contributed by atoms with Crippen molar-refractivity contribution in [3.8, 4) is 0 Å². The van der Waals surface area contributed by atoms with Crippen LogP contribution in [0.25, 0.3) is 11.0 Å². The van der Waals surface area contributed by atoms with E-state index < -0.39 is 23.0 Å². The van der Waals surface area contributed by atoms with Crippen molar-refractivity contribution in [1.29, 1.82) is 0 Å². The minimum absolute atomic E-state index is 0.314. The fourth-order valence-corrected chi connectivity index (χ4v) is 1.69. The van der Waals surface area contributed by atoms with Crippen LogP contribution in [0, 0.1) is 5.82 Å². The standard InChI is InChI=1S/C12H14FN3O3/c1-12(2,19-3)6-16-10-4-7(11(17)18)8(13)5-9(10)14-15-16/h4-5H,6H2,1-3H3,(H,17,18). The number of aromatic carboxylic acids is 1. The van der Waals surface area contributed by atoms with Crippen molar-refractivity contribution in [2.75, 3.05) is 7.11 Å². The fraction of sp³-hybridized carbons (Fsp3) is 0.417. The summed E-state index contributed by atoms with van der Waals surface area (Å²) in [4.78, 5) is 10.9. The molecule has 0 unspecified atom stereocenters. The third-order valence-electron chi connectivity index (χ3n) is 2.92. The largest absolute Gasteiger partial charge is 0.478 e. The number of carbonyl (C=O) groups is 1. The van der Waals surface area contributed by atoms with Gasteiger partial charge in [0.05, 0.1) is 23.2 Å². The molecule has 0 fully saturated rings. The highest BCUT2D eigenvalue weighted by atomic mass is 19.1. The molecule has 0 radical (unpaired) electrons. The highest BCUT2D eigenvalue weighted by molar-refractivity contribution is 5.92. The molecule has 1 aromatic carbocycles. The average molecular weight is 267 g/mol. The molecular weight excluding hydrogens is 253 g/mol. The van der Waals surface area contributed by atoms with Gasteiger partial charge >= 0.3 is 5.97 Å². The highest BCUT2D eigenvalue weighted by Gasteiger charge is 2.21. The summed E-state index contributed by atoms with van der Waals surface area (Å²) in [5, 5.41) is 16.6. The molecule has 0 aliphatic rings. The molecule has 1 aromatic heterocycles. The van der Waals surface area contributed by atoms with Gasteiger partial charge in [0.25, 0.3) is 0 Å². The molecule has 0 spiro atoms. The molecule has 0 amide bonds. The first-order valence-electron chi connectivity index (χ1n) is 5.65. The summed E-state index contributed by atoms with van der Waals surface area (Å²) in [5.41, 5.74) is -0.108. The molecule has 0 aliphatic carbocycles. The Balaban J connectivity index is 2.53. The second kappa shape index (κ2) is 4.58. The van der Waals surface area contributed by atoms with E-state index in [1.165, 1.54) is 10.7 Å². The highest BCUT2D eigenvalue weighted by Crippen LogP contribution is 2.20. The smallest absolute Gasteiger partial charge is 0.338 e. The van der Waals surface area contributed by atoms with E-state index in [1.54, 1.807) is 7.11 Å². The number of carboxylic acid groups (broad SMARTS) is 1. The topological polar surface area (TPSA) is 77.2 Å². The lowest BCUT2D eigenvalue weighted by molar-refractivity contribution is 0.00601. The molecule has 0 saturated heterocycles. The molecule has 0 aliphatic heterocycles. The van der Waals surface area contributed by atoms with Crippen LogP contribution in [-0.4, -0.2) is 38.8 Å². The number of benzene rings is 1. The minimum Gasteiger partial charge on any atom is -0.478 e. The first-order valence-corrected chi connectivity index (χ1v) is 5.65. The van der Waals surface area contributed by atoms with E-state index in [9.17, 15) is 9.18 Å². The summed E-state index contributed by atoms with van der Waals surface area (Å²) in [6.07, 6.45) is 0. The van der Waals surface area contributed by atoms with E-state index in [2.05, 4.69) is 10.3 Å². The molecule has 0 bridgehead atoms. The summed E-state index contributed by atoms with van der Waals surface area (Å²) in [6, 6.07) is 2.31. The number of rotatable bonds is 4. The summed E-state index contributed by atoms with van der Waals surface area (Å²) < 4.78 is 20.3. The Bertz CT molecular complexity index is 636. The Morgan fingerprint density at radius 3 is 2.79 bits per heavy atom. The summed E-state index contributed by atoms with van der Waals surface area (Å²) in [5.74, 6) is -2.14. The van der Waals surface area contributed by atoms with Crippen molar-refractivity contribution in [3.05, 3.63) is 23.5 Å². The van der Waals surface area contributed by atoms with Crippen LogP contribution < -0.4 is 0 Å². The molecule has 7 heteroatoms. The number of carboxylic acids is 1. The number of methoxy groups -OCH3 is 1. The van der Waals surface area contributed by atoms with Crippen LogP contribution in [0.5, 0.6) is 0 Å². The number of hydrogen-bond acceptors (Lipinski definition) is 4. The van der Waals surface area contributed by atoms with Gasteiger partial charge in [-0.2, -0.15) is 0 Å². The predicted molar refractivity (Wildman–Crippen MR) is 65.5 cm³/mol. The van der Waals surface area contributed by atoms with Gasteiger partial charge < -0.3 is 9.84 Å². The zero-order valence-electron chi connectivity index (χ0n) is 10.8. The number of halogens is 1. The van der Waals surface area contributed by atoms with Crippen LogP contribution in [0.3, 0.4) is 0 Å². The third-order valence-corrected chi connectivity index (χ3v) is 2.92. The number of ether oxygens (including phenoxy) is 1. The van der Waals surface area contributed by atoms with Crippen LogP contribution in [0.2, 0.25) is 0 Å². The lowest BCUT2D eigenvalue weighted by Gasteiger charge is -2.22. The lowest BCUT2D eigenvalue weighted by atomic mass is 10.1. The van der Waals surface area contributed by atoms with Gasteiger partial charge in [0.2, 0.25) is 0 Å². The second-order valence-electron chi connectivity index (χ2n) is 4.84. The molecular formula is C12H14FN3O3. The first-order chi connectivity index (χ1) is 8.84. The molecule has 2 rings (SSSR count). The maximum Gasteiger partial charge on any atom is 0.338 e. The SMILES string of the molecule is COC(C)(C)Cn1nnc2cc(F)c(C(=O)O)cc21. The van der Waals surface area contributed by atoms with Crippen molar-refractivity contribution < 1.29 is 19.0 Å². The van der Waals surface area contributed by atoms with E-state index in [0.717, 1.165) is 6.07 Å². The Hall–Kier alpha value is -2.02. The van der Waals surface area contributed by atoms with Crippen molar-refractivity contribution in [2.24, 2.45) is 0 Å². The maximum absolute atomic E-state index is 13.5. The molecule has 6 nitrogen and oxygen atoms in total. The summed E-state index contributed by atoms with van der Waals surface area (Å²) in [7, 11) is 1.57. The monoisotopic (exact) mass is 267 g/mol. The number of hydrogen-bond donors (Lipinski definition) is 1. The quantitative estimate of drug-likeness (QED) is 0.912. The van der Waals surface area contributed by atoms with Crippen molar-refractivity contribution in [3.63, 3.8) is 0 Å². The fourth-order valence-electron chi connectivity index (χ4n) is 1.69. The van der Waals surface area contributed by atoms with Gasteiger partial charge in [-0.3, -0.25) is 0 Å². The van der Waals surface area contributed by atoms with Crippen LogP contribution in [0.4, 0.5) is 4.39 Å². The Morgan fingerprint density at radius 2 is 2.21 bits per heavy atom. The average Bonchev–Trinajstić information content (AvgIpc) is 2.69. The zero-order chi connectivity index (χ0) is 14.2. The van der Waals surface area contributed by atoms with Gasteiger partial charge in [0.1, 0.15) is 11.3 Å². The Kier molecular flexibility index (Phi) is 3.23. The molecule has 1 heterocycles. The van der Waals surface area contributed by atoms with Crippen molar-refractivity contribution >= 4 is 17.0 Å². The predicted octanol–water partition coefficient (Wildman–Crippen LogP) is 1.69. The van der Waals surface area contributed by atoms with Crippen LogP contribution >= 0.6 is 0 Å².